The smallest absolute Gasteiger partial charge is 0.244 e. The molecule has 1 saturated heterocycles. The molecule has 2 heterocycles. The van der Waals surface area contributed by atoms with Crippen LogP contribution in [-0.4, -0.2) is 30.8 Å². The Hall–Kier alpha value is -0.980. The van der Waals surface area contributed by atoms with Gasteiger partial charge in [-0.1, -0.05) is 6.42 Å². The van der Waals surface area contributed by atoms with Gasteiger partial charge in [0.25, 0.3) is 0 Å². The molecule has 6 heteroatoms. The van der Waals surface area contributed by atoms with E-state index in [0.717, 1.165) is 0 Å². The lowest BCUT2D eigenvalue weighted by Crippen LogP contribution is -2.29. The van der Waals surface area contributed by atoms with Gasteiger partial charge in [-0.3, -0.25) is 4.98 Å². The largest absolute Gasteiger partial charge is 0.325 e. The van der Waals surface area contributed by atoms with Crippen LogP contribution in [0.4, 0.5) is 0 Å². The third-order valence-corrected chi connectivity index (χ3v) is 6.15. The second kappa shape index (κ2) is 4.85. The van der Waals surface area contributed by atoms with E-state index < -0.39 is 10.0 Å². The summed E-state index contributed by atoms with van der Waals surface area (Å²) in [5.74, 6) is 1.12. The van der Waals surface area contributed by atoms with Crippen LogP contribution in [0.5, 0.6) is 0 Å². The maximum atomic E-state index is 12.5. The molecule has 0 bridgehead atoms. The van der Waals surface area contributed by atoms with Gasteiger partial charge in [-0.2, -0.15) is 4.31 Å². The maximum absolute atomic E-state index is 12.5. The second-order valence-electron chi connectivity index (χ2n) is 5.46. The van der Waals surface area contributed by atoms with Crippen molar-refractivity contribution in [2.45, 2.75) is 30.7 Å². The molecule has 0 aromatic carbocycles. The van der Waals surface area contributed by atoms with Crippen molar-refractivity contribution in [1.82, 2.24) is 9.29 Å². The molecule has 0 spiro atoms. The molecule has 1 aliphatic carbocycles. The lowest BCUT2D eigenvalue weighted by molar-refractivity contribution is 0.445. The van der Waals surface area contributed by atoms with Crippen molar-refractivity contribution in [3.05, 3.63) is 24.0 Å². The van der Waals surface area contributed by atoms with Crippen LogP contribution >= 0.6 is 0 Å². The van der Waals surface area contributed by atoms with Gasteiger partial charge in [-0.25, -0.2) is 8.42 Å². The van der Waals surface area contributed by atoms with Gasteiger partial charge in [0.05, 0.1) is 5.69 Å². The molecule has 0 radical (unpaired) electrons. The van der Waals surface area contributed by atoms with Crippen molar-refractivity contribution in [2.24, 2.45) is 17.6 Å². The van der Waals surface area contributed by atoms with Gasteiger partial charge in [0, 0.05) is 25.8 Å². The van der Waals surface area contributed by atoms with Crippen molar-refractivity contribution in [1.29, 1.82) is 0 Å². The predicted octanol–water partition coefficient (Wildman–Crippen LogP) is 0.961. The summed E-state index contributed by atoms with van der Waals surface area (Å²) >= 11 is 0. The summed E-state index contributed by atoms with van der Waals surface area (Å²) in [7, 11) is -3.38. The highest BCUT2D eigenvalue weighted by atomic mass is 32.2. The Kier molecular flexibility index (Phi) is 3.32. The highest BCUT2D eigenvalue weighted by Gasteiger charge is 2.41. The summed E-state index contributed by atoms with van der Waals surface area (Å²) < 4.78 is 26.7. The number of hydrogen-bond acceptors (Lipinski definition) is 4. The van der Waals surface area contributed by atoms with Crippen LogP contribution in [0.25, 0.3) is 0 Å². The Labute approximate surface area is 113 Å². The van der Waals surface area contributed by atoms with Crippen molar-refractivity contribution in [3.63, 3.8) is 0 Å². The normalized spacial score (nSPS) is 27.6. The summed E-state index contributed by atoms with van der Waals surface area (Å²) in [6.07, 6.45) is 5.00. The van der Waals surface area contributed by atoms with E-state index in [9.17, 15) is 8.42 Å². The van der Waals surface area contributed by atoms with Crippen molar-refractivity contribution >= 4 is 10.0 Å². The van der Waals surface area contributed by atoms with Crippen LogP contribution in [0.15, 0.2) is 23.2 Å². The Balaban J connectivity index is 1.82. The lowest BCUT2D eigenvalue weighted by atomic mass is 10.0. The quantitative estimate of drug-likeness (QED) is 0.895. The zero-order valence-corrected chi connectivity index (χ0v) is 11.6. The van der Waals surface area contributed by atoms with E-state index in [1.165, 1.54) is 25.5 Å². The number of nitrogens with two attached hydrogens (primary N) is 1. The topological polar surface area (TPSA) is 76.3 Å². The SMILES string of the molecule is NCc1ccc(S(=O)(=O)N2CC3CCCC3C2)cn1. The molecule has 104 valence electrons. The summed E-state index contributed by atoms with van der Waals surface area (Å²) in [6, 6.07) is 3.29. The maximum Gasteiger partial charge on any atom is 0.244 e. The van der Waals surface area contributed by atoms with E-state index in [1.54, 1.807) is 16.4 Å². The van der Waals surface area contributed by atoms with Gasteiger partial charge in [0.15, 0.2) is 0 Å². The molecule has 19 heavy (non-hydrogen) atoms. The van der Waals surface area contributed by atoms with Gasteiger partial charge < -0.3 is 5.73 Å². The molecule has 2 aliphatic rings. The zero-order chi connectivity index (χ0) is 13.5. The monoisotopic (exact) mass is 281 g/mol. The number of hydrogen-bond donors (Lipinski definition) is 1. The highest BCUT2D eigenvalue weighted by Crippen LogP contribution is 2.39. The van der Waals surface area contributed by atoms with Crippen LogP contribution in [-0.2, 0) is 16.6 Å². The predicted molar refractivity (Wildman–Crippen MR) is 71.7 cm³/mol. The van der Waals surface area contributed by atoms with Gasteiger partial charge >= 0.3 is 0 Å². The number of pyridine rings is 1. The van der Waals surface area contributed by atoms with Crippen LogP contribution < -0.4 is 5.73 Å². The highest BCUT2D eigenvalue weighted by molar-refractivity contribution is 7.89. The Bertz CT molecular complexity index is 544. The summed E-state index contributed by atoms with van der Waals surface area (Å²) in [5.41, 5.74) is 6.18. The van der Waals surface area contributed by atoms with E-state index in [-0.39, 0.29) is 4.90 Å². The summed E-state index contributed by atoms with van der Waals surface area (Å²) in [4.78, 5) is 4.36. The summed E-state index contributed by atoms with van der Waals surface area (Å²) in [6.45, 7) is 1.67. The molecule has 2 atom stereocenters. The number of aromatic nitrogens is 1. The fourth-order valence-corrected chi connectivity index (χ4v) is 4.72. The number of nitrogens with zero attached hydrogens (tertiary/aromatic N) is 2. The fourth-order valence-electron chi connectivity index (χ4n) is 3.22. The molecule has 5 nitrogen and oxygen atoms in total. The summed E-state index contributed by atoms with van der Waals surface area (Å²) in [5, 5.41) is 0. The molecule has 0 amide bonds. The van der Waals surface area contributed by atoms with Crippen LogP contribution in [0.3, 0.4) is 0 Å². The van der Waals surface area contributed by atoms with Gasteiger partial charge in [-0.05, 0) is 36.8 Å². The first-order chi connectivity index (χ1) is 9.11. The minimum atomic E-state index is -3.38. The van der Waals surface area contributed by atoms with E-state index in [0.29, 0.717) is 37.2 Å². The van der Waals surface area contributed by atoms with Crippen LogP contribution in [0.2, 0.25) is 0 Å². The Morgan fingerprint density at radius 2 is 1.95 bits per heavy atom. The third kappa shape index (κ3) is 2.28. The molecule has 1 saturated carbocycles. The van der Waals surface area contributed by atoms with Crippen molar-refractivity contribution in [3.8, 4) is 0 Å². The fraction of sp³-hybridized carbons (Fsp3) is 0.615. The van der Waals surface area contributed by atoms with Gasteiger partial charge in [0.2, 0.25) is 10.0 Å². The first-order valence-corrected chi connectivity index (χ1v) is 8.20. The van der Waals surface area contributed by atoms with E-state index >= 15 is 0 Å². The van der Waals surface area contributed by atoms with E-state index in [4.69, 9.17) is 5.73 Å². The molecule has 2 unspecified atom stereocenters. The molecule has 1 aromatic heterocycles. The minimum absolute atomic E-state index is 0.282. The van der Waals surface area contributed by atoms with Crippen molar-refractivity contribution < 1.29 is 8.42 Å². The van der Waals surface area contributed by atoms with E-state index in [2.05, 4.69) is 4.98 Å². The van der Waals surface area contributed by atoms with Gasteiger partial charge in [-0.15, -0.1) is 0 Å². The minimum Gasteiger partial charge on any atom is -0.325 e. The molecule has 2 fully saturated rings. The molecule has 2 N–H and O–H groups in total. The number of fused-ring (bicyclic) bond motifs is 1. The number of sulfonamides is 1. The average Bonchev–Trinajstić information content (AvgIpc) is 2.99. The Morgan fingerprint density at radius 1 is 1.26 bits per heavy atom. The third-order valence-electron chi connectivity index (χ3n) is 4.34. The molecular weight excluding hydrogens is 262 g/mol. The zero-order valence-electron chi connectivity index (χ0n) is 10.8. The van der Waals surface area contributed by atoms with Crippen molar-refractivity contribution in [2.75, 3.05) is 13.1 Å². The first-order valence-electron chi connectivity index (χ1n) is 6.76. The second-order valence-corrected chi connectivity index (χ2v) is 7.40. The Morgan fingerprint density at radius 3 is 2.47 bits per heavy atom. The molecular formula is C13H19N3O2S. The molecule has 3 rings (SSSR count). The van der Waals surface area contributed by atoms with Gasteiger partial charge in [0.1, 0.15) is 4.90 Å². The van der Waals surface area contributed by atoms with E-state index in [1.807, 2.05) is 0 Å². The standard InChI is InChI=1S/C13H19N3O2S/c14-6-12-4-5-13(7-15-12)19(17,18)16-8-10-2-1-3-11(10)9-16/h4-5,7,10-11H,1-3,6,8-9,14H2. The first kappa shape index (κ1) is 13.0. The molecule has 1 aliphatic heterocycles. The van der Waals surface area contributed by atoms with Crippen LogP contribution in [0, 0.1) is 11.8 Å². The molecule has 1 aromatic rings. The number of rotatable bonds is 3. The average molecular weight is 281 g/mol. The lowest BCUT2D eigenvalue weighted by Gasteiger charge is -2.17. The van der Waals surface area contributed by atoms with Crippen LogP contribution in [0.1, 0.15) is 25.0 Å².